The molecule has 0 aromatic heterocycles. The fourth-order valence-electron chi connectivity index (χ4n) is 4.83. The fraction of sp³-hybridized carbons (Fsp3) is 0.500. The number of benzene rings is 2. The average molecular weight is 567 g/mol. The topological polar surface area (TPSA) is 131 Å². The van der Waals surface area contributed by atoms with Crippen LogP contribution in [0.1, 0.15) is 87.7 Å². The Morgan fingerprint density at radius 3 is 1.90 bits per heavy atom. The minimum Gasteiger partial charge on any atom is -0.444 e. The molecule has 0 aliphatic carbocycles. The molecule has 9 heteroatoms. The van der Waals surface area contributed by atoms with Crippen LogP contribution in [0.3, 0.4) is 0 Å². The molecule has 0 aliphatic rings. The second-order valence-electron chi connectivity index (χ2n) is 11.7. The van der Waals surface area contributed by atoms with Crippen molar-refractivity contribution in [1.29, 1.82) is 0 Å². The van der Waals surface area contributed by atoms with E-state index in [1.165, 1.54) is 4.90 Å². The summed E-state index contributed by atoms with van der Waals surface area (Å²) >= 11 is 0. The van der Waals surface area contributed by atoms with Gasteiger partial charge in [0.25, 0.3) is 5.91 Å². The summed E-state index contributed by atoms with van der Waals surface area (Å²) in [6, 6.07) is 8.91. The van der Waals surface area contributed by atoms with Gasteiger partial charge in [0.15, 0.2) is 0 Å². The standard InChI is InChI=1S/C32H46N4O5/c1-10-23(6)36(30(39)24(17-18-25(33)37)34-31(40)41-32(7,8)9)28(26-19(2)13-11-14-20(26)3)29(38)35-27-21(4)15-12-16-22(27)5/h11-16,23-24,28H,10,17-18H2,1-9H3,(H2,33,37)(H,34,40)(H,35,38). The molecule has 3 unspecified atom stereocenters. The van der Waals surface area contributed by atoms with Crippen LogP contribution in [0.4, 0.5) is 10.5 Å². The van der Waals surface area contributed by atoms with Crippen LogP contribution < -0.4 is 16.4 Å². The Labute approximate surface area is 244 Å². The van der Waals surface area contributed by atoms with Gasteiger partial charge < -0.3 is 26.0 Å². The van der Waals surface area contributed by atoms with Gasteiger partial charge in [-0.15, -0.1) is 0 Å². The van der Waals surface area contributed by atoms with Crippen LogP contribution in [0.15, 0.2) is 36.4 Å². The molecule has 2 aromatic rings. The first-order chi connectivity index (χ1) is 19.1. The molecule has 0 bridgehead atoms. The molecule has 4 amide bonds. The molecule has 224 valence electrons. The molecule has 0 saturated carbocycles. The first kappa shape index (κ1) is 33.3. The number of aryl methyl sites for hydroxylation is 4. The zero-order valence-electron chi connectivity index (χ0n) is 25.9. The highest BCUT2D eigenvalue weighted by atomic mass is 16.6. The van der Waals surface area contributed by atoms with Crippen molar-refractivity contribution < 1.29 is 23.9 Å². The van der Waals surface area contributed by atoms with Crippen molar-refractivity contribution in [3.63, 3.8) is 0 Å². The lowest BCUT2D eigenvalue weighted by Gasteiger charge is -2.39. The quantitative estimate of drug-likeness (QED) is 0.336. The van der Waals surface area contributed by atoms with Gasteiger partial charge in [0.2, 0.25) is 11.8 Å². The van der Waals surface area contributed by atoms with E-state index in [2.05, 4.69) is 10.6 Å². The van der Waals surface area contributed by atoms with Gasteiger partial charge in [-0.2, -0.15) is 0 Å². The summed E-state index contributed by atoms with van der Waals surface area (Å²) in [5.41, 5.74) is 9.49. The van der Waals surface area contributed by atoms with E-state index < -0.39 is 41.6 Å². The second kappa shape index (κ2) is 14.1. The summed E-state index contributed by atoms with van der Waals surface area (Å²) in [5.74, 6) is -1.49. The lowest BCUT2D eigenvalue weighted by atomic mass is 9.92. The number of amides is 4. The number of ether oxygens (including phenoxy) is 1. The maximum absolute atomic E-state index is 14.4. The molecule has 0 saturated heterocycles. The number of anilines is 1. The van der Waals surface area contributed by atoms with E-state index in [1.807, 2.05) is 77.9 Å². The SMILES string of the molecule is CCC(C)N(C(=O)C(CCC(N)=O)NC(=O)OC(C)(C)C)C(C(=O)Nc1c(C)cccc1C)c1c(C)cccc1C. The predicted octanol–water partition coefficient (Wildman–Crippen LogP) is 5.39. The first-order valence-electron chi connectivity index (χ1n) is 14.1. The van der Waals surface area contributed by atoms with E-state index in [1.54, 1.807) is 20.8 Å². The fourth-order valence-corrected chi connectivity index (χ4v) is 4.83. The Balaban J connectivity index is 2.69. The summed E-state index contributed by atoms with van der Waals surface area (Å²) in [6.07, 6.45) is -0.437. The Bertz CT molecular complexity index is 1230. The molecule has 0 fully saturated rings. The zero-order valence-corrected chi connectivity index (χ0v) is 25.9. The lowest BCUT2D eigenvalue weighted by Crippen LogP contribution is -2.55. The van der Waals surface area contributed by atoms with Crippen molar-refractivity contribution in [2.45, 2.75) is 105 Å². The van der Waals surface area contributed by atoms with Crippen molar-refractivity contribution in [2.75, 3.05) is 5.32 Å². The van der Waals surface area contributed by atoms with Crippen molar-refractivity contribution in [3.05, 3.63) is 64.2 Å². The normalized spacial score (nSPS) is 13.5. The minimum atomic E-state index is -1.15. The number of para-hydroxylation sites is 1. The van der Waals surface area contributed by atoms with E-state index in [9.17, 15) is 19.2 Å². The second-order valence-corrected chi connectivity index (χ2v) is 11.7. The van der Waals surface area contributed by atoms with Gasteiger partial charge in [0.1, 0.15) is 17.7 Å². The van der Waals surface area contributed by atoms with Crippen molar-refractivity contribution in [3.8, 4) is 0 Å². The number of primary amides is 1. The van der Waals surface area contributed by atoms with E-state index in [4.69, 9.17) is 10.5 Å². The maximum Gasteiger partial charge on any atom is 0.408 e. The Hall–Kier alpha value is -3.88. The van der Waals surface area contributed by atoms with Crippen LogP contribution in [-0.2, 0) is 19.1 Å². The van der Waals surface area contributed by atoms with Gasteiger partial charge in [-0.3, -0.25) is 14.4 Å². The third-order valence-electron chi connectivity index (χ3n) is 7.06. The molecule has 0 radical (unpaired) electrons. The van der Waals surface area contributed by atoms with Crippen LogP contribution in [0.2, 0.25) is 0 Å². The van der Waals surface area contributed by atoms with Crippen molar-refractivity contribution in [2.24, 2.45) is 5.73 Å². The van der Waals surface area contributed by atoms with Crippen LogP contribution in [0.5, 0.6) is 0 Å². The molecule has 0 heterocycles. The largest absolute Gasteiger partial charge is 0.444 e. The van der Waals surface area contributed by atoms with E-state index >= 15 is 0 Å². The van der Waals surface area contributed by atoms with Crippen LogP contribution in [-0.4, -0.2) is 46.4 Å². The molecule has 3 atom stereocenters. The molecule has 4 N–H and O–H groups in total. The van der Waals surface area contributed by atoms with Crippen molar-refractivity contribution >= 4 is 29.5 Å². The number of carbonyl (C=O) groups is 4. The first-order valence-corrected chi connectivity index (χ1v) is 14.1. The average Bonchev–Trinajstić information content (AvgIpc) is 2.86. The Morgan fingerprint density at radius 1 is 0.927 bits per heavy atom. The summed E-state index contributed by atoms with van der Waals surface area (Å²) in [7, 11) is 0. The molecule has 9 nitrogen and oxygen atoms in total. The molecular formula is C32H46N4O5. The van der Waals surface area contributed by atoms with E-state index in [-0.39, 0.29) is 18.7 Å². The molecule has 41 heavy (non-hydrogen) atoms. The highest BCUT2D eigenvalue weighted by Gasteiger charge is 2.40. The summed E-state index contributed by atoms with van der Waals surface area (Å²) in [4.78, 5) is 54.7. The number of nitrogens with zero attached hydrogens (tertiary/aromatic N) is 1. The number of alkyl carbamates (subject to hydrolysis) is 1. The Kier molecular flexibility index (Phi) is 11.5. The number of nitrogens with two attached hydrogens (primary N) is 1. The predicted molar refractivity (Wildman–Crippen MR) is 161 cm³/mol. The van der Waals surface area contributed by atoms with Gasteiger partial charge in [0.05, 0.1) is 0 Å². The number of hydrogen-bond acceptors (Lipinski definition) is 5. The van der Waals surface area contributed by atoms with Crippen molar-refractivity contribution in [1.82, 2.24) is 10.2 Å². The third-order valence-corrected chi connectivity index (χ3v) is 7.06. The minimum absolute atomic E-state index is 0.0433. The van der Waals surface area contributed by atoms with Gasteiger partial charge >= 0.3 is 6.09 Å². The molecule has 0 spiro atoms. The summed E-state index contributed by atoms with van der Waals surface area (Å²) in [6.45, 7) is 16.6. The number of nitrogens with one attached hydrogen (secondary N) is 2. The van der Waals surface area contributed by atoms with Gasteiger partial charge in [0, 0.05) is 18.2 Å². The molecular weight excluding hydrogens is 520 g/mol. The lowest BCUT2D eigenvalue weighted by molar-refractivity contribution is -0.143. The third kappa shape index (κ3) is 9.06. The molecule has 2 rings (SSSR count). The van der Waals surface area contributed by atoms with Crippen LogP contribution >= 0.6 is 0 Å². The van der Waals surface area contributed by atoms with Gasteiger partial charge in [-0.1, -0.05) is 43.3 Å². The van der Waals surface area contributed by atoms with Crippen LogP contribution in [0, 0.1) is 27.7 Å². The number of rotatable bonds is 11. The van der Waals surface area contributed by atoms with E-state index in [0.717, 1.165) is 22.3 Å². The smallest absolute Gasteiger partial charge is 0.408 e. The monoisotopic (exact) mass is 566 g/mol. The number of hydrogen-bond donors (Lipinski definition) is 3. The highest BCUT2D eigenvalue weighted by molar-refractivity contribution is 6.00. The maximum atomic E-state index is 14.4. The zero-order chi connectivity index (χ0) is 31.1. The van der Waals surface area contributed by atoms with E-state index in [0.29, 0.717) is 17.7 Å². The molecule has 2 aromatic carbocycles. The highest BCUT2D eigenvalue weighted by Crippen LogP contribution is 2.33. The Morgan fingerprint density at radius 2 is 1.44 bits per heavy atom. The van der Waals surface area contributed by atoms with Gasteiger partial charge in [-0.05, 0) is 96.0 Å². The molecule has 0 aliphatic heterocycles. The van der Waals surface area contributed by atoms with Gasteiger partial charge in [-0.25, -0.2) is 4.79 Å². The summed E-state index contributed by atoms with van der Waals surface area (Å²) in [5, 5.41) is 5.73. The summed E-state index contributed by atoms with van der Waals surface area (Å²) < 4.78 is 5.41. The number of carbonyl (C=O) groups excluding carboxylic acids is 4. The van der Waals surface area contributed by atoms with Crippen LogP contribution in [0.25, 0.3) is 0 Å².